The molecule has 15 heavy (non-hydrogen) atoms. The maximum absolute atomic E-state index is 11.0. The Balaban J connectivity index is 2.32. The first-order chi connectivity index (χ1) is 7.18. The summed E-state index contributed by atoms with van der Waals surface area (Å²) in [6.07, 6.45) is -0.622. The van der Waals surface area contributed by atoms with Gasteiger partial charge in [-0.1, -0.05) is 30.3 Å². The second kappa shape index (κ2) is 5.64. The van der Waals surface area contributed by atoms with Gasteiger partial charge in [-0.05, 0) is 12.5 Å². The van der Waals surface area contributed by atoms with Crippen LogP contribution < -0.4 is 11.2 Å². The Morgan fingerprint density at radius 1 is 1.47 bits per heavy atom. The molecule has 0 unspecified atom stereocenters. The van der Waals surface area contributed by atoms with Gasteiger partial charge in [0.15, 0.2) is 0 Å². The molecule has 0 bridgehead atoms. The summed E-state index contributed by atoms with van der Waals surface area (Å²) in [7, 11) is 0. The normalized spacial score (nSPS) is 10.9. The number of hydrogen-bond donors (Lipinski definition) is 2. The number of nitrogens with zero attached hydrogens (tertiary/aromatic N) is 1. The molecule has 0 aliphatic heterocycles. The maximum Gasteiger partial charge on any atom is 0.428 e. The molecule has 3 N–H and O–H groups in total. The first kappa shape index (κ1) is 11.0. The second-order valence-electron chi connectivity index (χ2n) is 2.93. The molecule has 5 nitrogen and oxygen atoms in total. The molecule has 1 aromatic rings. The number of hydrazone groups is 1. The van der Waals surface area contributed by atoms with Crippen molar-refractivity contribution in [2.24, 2.45) is 10.8 Å². The lowest BCUT2D eigenvalue weighted by Gasteiger charge is -2.03. The molecule has 1 aromatic carbocycles. The number of amides is 1. The fourth-order valence-electron chi connectivity index (χ4n) is 0.889. The number of amidine groups is 1. The van der Waals surface area contributed by atoms with Gasteiger partial charge in [-0.2, -0.15) is 5.10 Å². The molecule has 0 atom stereocenters. The zero-order valence-corrected chi connectivity index (χ0v) is 8.43. The van der Waals surface area contributed by atoms with Gasteiger partial charge in [0.05, 0.1) is 0 Å². The Kier molecular flexibility index (Phi) is 4.15. The Labute approximate surface area is 87.9 Å². The van der Waals surface area contributed by atoms with Crippen LogP contribution in [0.1, 0.15) is 12.5 Å². The van der Waals surface area contributed by atoms with Crippen molar-refractivity contribution in [3.63, 3.8) is 0 Å². The van der Waals surface area contributed by atoms with E-state index in [1.807, 2.05) is 30.3 Å². The maximum atomic E-state index is 11.0. The van der Waals surface area contributed by atoms with Crippen molar-refractivity contribution in [3.8, 4) is 0 Å². The highest BCUT2D eigenvalue weighted by Gasteiger charge is 2.00. The van der Waals surface area contributed by atoms with Crippen LogP contribution in [0.5, 0.6) is 0 Å². The van der Waals surface area contributed by atoms with Crippen molar-refractivity contribution in [2.75, 3.05) is 0 Å². The number of benzene rings is 1. The summed E-state index contributed by atoms with van der Waals surface area (Å²) in [5, 5.41) is 3.51. The SMILES string of the molecule is C/C(N)=N\NC(=O)OCc1ccccc1. The highest BCUT2D eigenvalue weighted by atomic mass is 16.5. The average Bonchev–Trinajstić information content (AvgIpc) is 2.25. The third-order valence-corrected chi connectivity index (χ3v) is 1.54. The predicted molar refractivity (Wildman–Crippen MR) is 57.1 cm³/mol. The third-order valence-electron chi connectivity index (χ3n) is 1.54. The van der Waals surface area contributed by atoms with Crippen LogP contribution in [-0.4, -0.2) is 11.9 Å². The quantitative estimate of drug-likeness (QED) is 0.444. The lowest BCUT2D eigenvalue weighted by atomic mass is 10.2. The van der Waals surface area contributed by atoms with E-state index in [1.165, 1.54) is 0 Å². The molecule has 0 saturated carbocycles. The van der Waals surface area contributed by atoms with E-state index in [1.54, 1.807) is 6.92 Å². The number of rotatable bonds is 3. The molecular weight excluding hydrogens is 194 g/mol. The van der Waals surface area contributed by atoms with Crippen LogP contribution in [0.4, 0.5) is 4.79 Å². The minimum absolute atomic E-state index is 0.214. The fraction of sp³-hybridized carbons (Fsp3) is 0.200. The lowest BCUT2D eigenvalue weighted by Crippen LogP contribution is -2.22. The van der Waals surface area contributed by atoms with Crippen LogP contribution in [0.25, 0.3) is 0 Å². The van der Waals surface area contributed by atoms with E-state index in [-0.39, 0.29) is 12.4 Å². The summed E-state index contributed by atoms with van der Waals surface area (Å²) in [6, 6.07) is 9.37. The Morgan fingerprint density at radius 2 is 2.13 bits per heavy atom. The first-order valence-corrected chi connectivity index (χ1v) is 4.45. The second-order valence-corrected chi connectivity index (χ2v) is 2.93. The number of nitrogens with two attached hydrogens (primary N) is 1. The van der Waals surface area contributed by atoms with Gasteiger partial charge in [-0.3, -0.25) is 0 Å². The highest BCUT2D eigenvalue weighted by molar-refractivity contribution is 5.79. The molecule has 0 heterocycles. The van der Waals surface area contributed by atoms with Crippen molar-refractivity contribution in [1.82, 2.24) is 5.43 Å². The van der Waals surface area contributed by atoms with Crippen LogP contribution in [0.3, 0.4) is 0 Å². The molecule has 0 spiro atoms. The summed E-state index contributed by atoms with van der Waals surface area (Å²) < 4.78 is 4.87. The molecule has 80 valence electrons. The topological polar surface area (TPSA) is 76.7 Å². The number of nitrogens with one attached hydrogen (secondary N) is 1. The molecule has 1 amide bonds. The van der Waals surface area contributed by atoms with Crippen molar-refractivity contribution in [2.45, 2.75) is 13.5 Å². The van der Waals surface area contributed by atoms with Crippen molar-refractivity contribution in [3.05, 3.63) is 35.9 Å². The largest absolute Gasteiger partial charge is 0.443 e. The van der Waals surface area contributed by atoms with Crippen LogP contribution in [-0.2, 0) is 11.3 Å². The smallest absolute Gasteiger partial charge is 0.428 e. The van der Waals surface area contributed by atoms with E-state index in [4.69, 9.17) is 10.5 Å². The number of carbonyl (C=O) groups excluding carboxylic acids is 1. The molecule has 1 rings (SSSR count). The molecule has 0 fully saturated rings. The highest BCUT2D eigenvalue weighted by Crippen LogP contribution is 2.00. The van der Waals surface area contributed by atoms with Crippen LogP contribution >= 0.6 is 0 Å². The lowest BCUT2D eigenvalue weighted by molar-refractivity contribution is 0.140. The Bertz CT molecular complexity index is 345. The van der Waals surface area contributed by atoms with Crippen molar-refractivity contribution < 1.29 is 9.53 Å². The Hall–Kier alpha value is -2.04. The summed E-state index contributed by atoms with van der Waals surface area (Å²) in [6.45, 7) is 1.78. The third kappa shape index (κ3) is 4.66. The van der Waals surface area contributed by atoms with E-state index >= 15 is 0 Å². The van der Waals surface area contributed by atoms with Gasteiger partial charge in [-0.15, -0.1) is 0 Å². The predicted octanol–water partition coefficient (Wildman–Crippen LogP) is 1.20. The first-order valence-electron chi connectivity index (χ1n) is 4.45. The fourth-order valence-corrected chi connectivity index (χ4v) is 0.889. The minimum atomic E-state index is -0.622. The van der Waals surface area contributed by atoms with Gasteiger partial charge in [0, 0.05) is 0 Å². The monoisotopic (exact) mass is 207 g/mol. The molecular formula is C10H13N3O2. The van der Waals surface area contributed by atoms with Gasteiger partial charge >= 0.3 is 6.09 Å². The molecule has 0 radical (unpaired) electrons. The van der Waals surface area contributed by atoms with E-state index in [2.05, 4.69) is 10.5 Å². The van der Waals surface area contributed by atoms with Gasteiger partial charge in [0.1, 0.15) is 12.4 Å². The zero-order valence-electron chi connectivity index (χ0n) is 8.43. The number of ether oxygens (including phenoxy) is 1. The molecule has 0 aromatic heterocycles. The summed E-state index contributed by atoms with van der Waals surface area (Å²) >= 11 is 0. The van der Waals surface area contributed by atoms with E-state index in [9.17, 15) is 4.79 Å². The number of carbonyl (C=O) groups is 1. The van der Waals surface area contributed by atoms with E-state index in [0.29, 0.717) is 0 Å². The Morgan fingerprint density at radius 3 is 2.73 bits per heavy atom. The molecule has 0 saturated heterocycles. The minimum Gasteiger partial charge on any atom is -0.443 e. The molecule has 0 aliphatic carbocycles. The standard InChI is InChI=1S/C10H13N3O2/c1-8(11)12-13-10(14)15-7-9-5-3-2-4-6-9/h2-6H,7H2,1H3,(H2,11,12)(H,13,14). The van der Waals surface area contributed by atoms with Gasteiger partial charge in [0.2, 0.25) is 0 Å². The van der Waals surface area contributed by atoms with Crippen LogP contribution in [0.2, 0.25) is 0 Å². The van der Waals surface area contributed by atoms with Crippen LogP contribution in [0, 0.1) is 0 Å². The molecule has 0 aliphatic rings. The van der Waals surface area contributed by atoms with Crippen molar-refractivity contribution >= 4 is 11.9 Å². The summed E-state index contributed by atoms with van der Waals surface area (Å²) in [5.74, 6) is 0.270. The van der Waals surface area contributed by atoms with E-state index in [0.717, 1.165) is 5.56 Å². The summed E-state index contributed by atoms with van der Waals surface area (Å²) in [4.78, 5) is 11.0. The van der Waals surface area contributed by atoms with Crippen LogP contribution in [0.15, 0.2) is 35.4 Å². The summed E-state index contributed by atoms with van der Waals surface area (Å²) in [5.41, 5.74) is 8.30. The van der Waals surface area contributed by atoms with Crippen molar-refractivity contribution in [1.29, 1.82) is 0 Å². The van der Waals surface area contributed by atoms with Gasteiger partial charge in [-0.25, -0.2) is 10.2 Å². The molecule has 5 heteroatoms. The average molecular weight is 207 g/mol. The van der Waals surface area contributed by atoms with Gasteiger partial charge < -0.3 is 10.5 Å². The zero-order chi connectivity index (χ0) is 11.1. The van der Waals surface area contributed by atoms with Gasteiger partial charge in [0.25, 0.3) is 0 Å². The van der Waals surface area contributed by atoms with E-state index < -0.39 is 6.09 Å². The number of hydrogen-bond acceptors (Lipinski definition) is 3.